The van der Waals surface area contributed by atoms with E-state index in [9.17, 15) is 4.79 Å². The van der Waals surface area contributed by atoms with Crippen molar-refractivity contribution in [3.63, 3.8) is 0 Å². The summed E-state index contributed by atoms with van der Waals surface area (Å²) in [6.45, 7) is 3.02. The van der Waals surface area contributed by atoms with Crippen LogP contribution in [0, 0.1) is 6.92 Å². The number of hydrogen-bond donors (Lipinski definition) is 1. The van der Waals surface area contributed by atoms with Gasteiger partial charge < -0.3 is 14.4 Å². The number of rotatable bonds is 6. The number of para-hydroxylation sites is 1. The van der Waals surface area contributed by atoms with Crippen molar-refractivity contribution in [1.82, 2.24) is 0 Å². The number of furan rings is 1. The lowest BCUT2D eigenvalue weighted by Crippen LogP contribution is -2.25. The van der Waals surface area contributed by atoms with Crippen molar-refractivity contribution < 1.29 is 14.3 Å². The Balaban J connectivity index is 2.15. The molecule has 0 bridgehead atoms. The molecule has 19 heavy (non-hydrogen) atoms. The lowest BCUT2D eigenvalue weighted by atomic mass is 10.2. The second-order valence-electron chi connectivity index (χ2n) is 4.43. The van der Waals surface area contributed by atoms with Crippen LogP contribution in [0.1, 0.15) is 17.7 Å². The van der Waals surface area contributed by atoms with Gasteiger partial charge in [0.2, 0.25) is 0 Å². The molecule has 1 N–H and O–H groups in total. The third-order valence-electron chi connectivity index (χ3n) is 3.02. The SMILES string of the molecule is Cc1ccoc1CN(CCC(=O)O)c1ccccc1. The van der Waals surface area contributed by atoms with Crippen LogP contribution >= 0.6 is 0 Å². The van der Waals surface area contributed by atoms with Gasteiger partial charge in [-0.3, -0.25) is 4.79 Å². The number of nitrogens with zero attached hydrogens (tertiary/aromatic N) is 1. The zero-order chi connectivity index (χ0) is 13.7. The summed E-state index contributed by atoms with van der Waals surface area (Å²) in [5.74, 6) is 0.0753. The number of aliphatic carboxylic acids is 1. The number of carbonyl (C=O) groups is 1. The molecule has 0 fully saturated rings. The molecule has 1 heterocycles. The number of carboxylic acids is 1. The maximum absolute atomic E-state index is 10.8. The van der Waals surface area contributed by atoms with E-state index in [1.807, 2.05) is 48.2 Å². The Morgan fingerprint density at radius 3 is 2.58 bits per heavy atom. The van der Waals surface area contributed by atoms with E-state index in [-0.39, 0.29) is 6.42 Å². The molecule has 2 aromatic rings. The standard InChI is InChI=1S/C15H17NO3/c1-12-8-10-19-14(12)11-16(9-7-15(17)18)13-5-3-2-4-6-13/h2-6,8,10H,7,9,11H2,1H3,(H,17,18). The van der Waals surface area contributed by atoms with Crippen LogP contribution in [0.2, 0.25) is 0 Å². The summed E-state index contributed by atoms with van der Waals surface area (Å²) in [6, 6.07) is 11.7. The van der Waals surface area contributed by atoms with Crippen molar-refractivity contribution in [2.45, 2.75) is 19.9 Å². The van der Waals surface area contributed by atoms with E-state index < -0.39 is 5.97 Å². The van der Waals surface area contributed by atoms with E-state index in [2.05, 4.69) is 0 Å². The van der Waals surface area contributed by atoms with Gasteiger partial charge in [0.15, 0.2) is 0 Å². The van der Waals surface area contributed by atoms with Crippen molar-refractivity contribution in [3.8, 4) is 0 Å². The molecule has 0 aliphatic carbocycles. The highest BCUT2D eigenvalue weighted by molar-refractivity contribution is 5.67. The Hall–Kier alpha value is -2.23. The lowest BCUT2D eigenvalue weighted by Gasteiger charge is -2.23. The summed E-state index contributed by atoms with van der Waals surface area (Å²) in [5, 5.41) is 8.84. The molecule has 2 rings (SSSR count). The summed E-state index contributed by atoms with van der Waals surface area (Å²) in [5.41, 5.74) is 2.08. The summed E-state index contributed by atoms with van der Waals surface area (Å²) in [6.07, 6.45) is 1.76. The fourth-order valence-corrected chi connectivity index (χ4v) is 1.91. The Bertz CT molecular complexity index is 533. The fourth-order valence-electron chi connectivity index (χ4n) is 1.91. The fraction of sp³-hybridized carbons (Fsp3) is 0.267. The predicted molar refractivity (Wildman–Crippen MR) is 73.2 cm³/mol. The molecule has 4 nitrogen and oxygen atoms in total. The van der Waals surface area contributed by atoms with Crippen molar-refractivity contribution >= 4 is 11.7 Å². The van der Waals surface area contributed by atoms with Crippen LogP contribution in [-0.4, -0.2) is 17.6 Å². The normalized spacial score (nSPS) is 10.4. The van der Waals surface area contributed by atoms with Gasteiger partial charge in [0.1, 0.15) is 5.76 Å². The zero-order valence-electron chi connectivity index (χ0n) is 10.9. The highest BCUT2D eigenvalue weighted by Gasteiger charge is 2.12. The van der Waals surface area contributed by atoms with E-state index in [1.54, 1.807) is 6.26 Å². The van der Waals surface area contributed by atoms with Gasteiger partial charge >= 0.3 is 5.97 Å². The Labute approximate surface area is 112 Å². The van der Waals surface area contributed by atoms with Crippen LogP contribution in [0.3, 0.4) is 0 Å². The molecule has 0 aliphatic rings. The van der Waals surface area contributed by atoms with Crippen LogP contribution in [-0.2, 0) is 11.3 Å². The minimum atomic E-state index is -0.794. The molecular weight excluding hydrogens is 242 g/mol. The van der Waals surface area contributed by atoms with Crippen molar-refractivity contribution in [1.29, 1.82) is 0 Å². The summed E-state index contributed by atoms with van der Waals surface area (Å²) < 4.78 is 5.43. The molecule has 1 aromatic carbocycles. The molecule has 1 aromatic heterocycles. The molecule has 4 heteroatoms. The maximum Gasteiger partial charge on any atom is 0.305 e. The molecule has 0 atom stereocenters. The van der Waals surface area contributed by atoms with Crippen LogP contribution in [0.5, 0.6) is 0 Å². The smallest absolute Gasteiger partial charge is 0.305 e. The van der Waals surface area contributed by atoms with Gasteiger partial charge in [-0.2, -0.15) is 0 Å². The number of aryl methyl sites for hydroxylation is 1. The molecular formula is C15H17NO3. The van der Waals surface area contributed by atoms with E-state index in [1.165, 1.54) is 0 Å². The Morgan fingerprint density at radius 1 is 1.26 bits per heavy atom. The van der Waals surface area contributed by atoms with E-state index in [0.29, 0.717) is 13.1 Å². The zero-order valence-corrected chi connectivity index (χ0v) is 10.9. The van der Waals surface area contributed by atoms with Gasteiger partial charge in [-0.05, 0) is 30.7 Å². The quantitative estimate of drug-likeness (QED) is 0.866. The van der Waals surface area contributed by atoms with Gasteiger partial charge in [-0.25, -0.2) is 0 Å². The molecule has 0 saturated carbocycles. The topological polar surface area (TPSA) is 53.7 Å². The maximum atomic E-state index is 10.8. The summed E-state index contributed by atoms with van der Waals surface area (Å²) in [7, 11) is 0. The first-order chi connectivity index (χ1) is 9.16. The Morgan fingerprint density at radius 2 is 2.00 bits per heavy atom. The van der Waals surface area contributed by atoms with Crippen molar-refractivity contribution in [3.05, 3.63) is 54.0 Å². The molecule has 0 amide bonds. The van der Waals surface area contributed by atoms with Crippen LogP contribution < -0.4 is 4.90 Å². The first kappa shape index (κ1) is 13.2. The van der Waals surface area contributed by atoms with Gasteiger partial charge in [-0.15, -0.1) is 0 Å². The molecule has 0 saturated heterocycles. The largest absolute Gasteiger partial charge is 0.481 e. The Kier molecular flexibility index (Phi) is 4.23. The number of benzene rings is 1. The van der Waals surface area contributed by atoms with Crippen molar-refractivity contribution in [2.24, 2.45) is 0 Å². The first-order valence-corrected chi connectivity index (χ1v) is 6.21. The number of hydrogen-bond acceptors (Lipinski definition) is 3. The number of anilines is 1. The molecule has 0 radical (unpaired) electrons. The second-order valence-corrected chi connectivity index (χ2v) is 4.43. The second kappa shape index (κ2) is 6.09. The molecule has 100 valence electrons. The third kappa shape index (κ3) is 3.61. The molecule has 0 aliphatic heterocycles. The molecule has 0 spiro atoms. The first-order valence-electron chi connectivity index (χ1n) is 6.21. The summed E-state index contributed by atoms with van der Waals surface area (Å²) in [4.78, 5) is 12.8. The van der Waals surface area contributed by atoms with Crippen LogP contribution in [0.15, 0.2) is 47.1 Å². The van der Waals surface area contributed by atoms with Crippen molar-refractivity contribution in [2.75, 3.05) is 11.4 Å². The van der Waals surface area contributed by atoms with Crippen LogP contribution in [0.25, 0.3) is 0 Å². The lowest BCUT2D eigenvalue weighted by molar-refractivity contribution is -0.136. The minimum absolute atomic E-state index is 0.106. The van der Waals surface area contributed by atoms with E-state index in [4.69, 9.17) is 9.52 Å². The van der Waals surface area contributed by atoms with E-state index in [0.717, 1.165) is 17.0 Å². The molecule has 0 unspecified atom stereocenters. The summed E-state index contributed by atoms with van der Waals surface area (Å²) >= 11 is 0. The van der Waals surface area contributed by atoms with Gasteiger partial charge in [0.05, 0.1) is 19.2 Å². The highest BCUT2D eigenvalue weighted by Crippen LogP contribution is 2.19. The average molecular weight is 259 g/mol. The van der Waals surface area contributed by atoms with Gasteiger partial charge in [0.25, 0.3) is 0 Å². The third-order valence-corrected chi connectivity index (χ3v) is 3.02. The van der Waals surface area contributed by atoms with Gasteiger partial charge in [0, 0.05) is 12.2 Å². The minimum Gasteiger partial charge on any atom is -0.481 e. The van der Waals surface area contributed by atoms with Gasteiger partial charge in [-0.1, -0.05) is 18.2 Å². The predicted octanol–water partition coefficient (Wildman–Crippen LogP) is 3.07. The van der Waals surface area contributed by atoms with Crippen LogP contribution in [0.4, 0.5) is 5.69 Å². The average Bonchev–Trinajstić information content (AvgIpc) is 2.81. The highest BCUT2D eigenvalue weighted by atomic mass is 16.4. The number of carboxylic acid groups (broad SMARTS) is 1. The monoisotopic (exact) mass is 259 g/mol. The van der Waals surface area contributed by atoms with E-state index >= 15 is 0 Å².